The number of hydrogen-bond acceptors (Lipinski definition) is 12. The molecule has 15 nitrogen and oxygen atoms in total. The van der Waals surface area contributed by atoms with E-state index >= 15 is 0 Å². The second-order valence-electron chi connectivity index (χ2n) is 32.9. The van der Waals surface area contributed by atoms with Gasteiger partial charge in [0.2, 0.25) is 0 Å². The molecule has 480 valence electrons. The molecule has 0 spiro atoms. The molecule has 12 aliphatic carbocycles. The smallest absolute Gasteiger partial charge is 0.162 e. The van der Waals surface area contributed by atoms with Crippen molar-refractivity contribution < 1.29 is 29.7 Å². The molecule has 87 heavy (non-hydrogen) atoms. The first-order chi connectivity index (χ1) is 41.8. The Kier molecular flexibility index (Phi) is 17.4. The van der Waals surface area contributed by atoms with Gasteiger partial charge >= 0.3 is 0 Å². The summed E-state index contributed by atoms with van der Waals surface area (Å²) in [6.07, 6.45) is 42.9. The third-order valence-corrected chi connectivity index (χ3v) is 29.8. The zero-order chi connectivity index (χ0) is 60.7. The van der Waals surface area contributed by atoms with Crippen LogP contribution >= 0.6 is 0 Å². The topological polar surface area (TPSA) is 204 Å². The fraction of sp³-hybridized carbons (Fsp3) is 0.875. The van der Waals surface area contributed by atoms with Crippen molar-refractivity contribution >= 4 is 17.3 Å². The molecule has 0 saturated heterocycles. The molecule has 0 aromatic carbocycles. The van der Waals surface area contributed by atoms with E-state index in [1.54, 1.807) is 28.1 Å². The molecule has 0 amide bonds. The van der Waals surface area contributed by atoms with E-state index < -0.39 is 16.8 Å². The van der Waals surface area contributed by atoms with E-state index in [0.29, 0.717) is 42.3 Å². The van der Waals surface area contributed by atoms with Gasteiger partial charge in [-0.25, -0.2) is 0 Å². The minimum atomic E-state index is -0.405. The molecule has 12 saturated carbocycles. The summed E-state index contributed by atoms with van der Waals surface area (Å²) in [5, 5.41) is 56.8. The Morgan fingerprint density at radius 3 is 1.15 bits per heavy atom. The third-order valence-electron chi connectivity index (χ3n) is 29.8. The SMILES string of the molecule is CC[C@@]1(O)CC[C@H]2[C@H](CC[C@@H]3[C@@H]2CC[C@]2(C)[C@@H](C(=O)Cn4cccn4)CC[C@@H]32)C1.CC[C@@]1(O)CC[C@H]2[C@H](CC[C@@H]3[C@@H]2CC[C@]2(C)[C@@H](C(=O)Cn4nccn4)CC[C@@H]32)C1.CC[C@@]1(O)CC[C@H]2[C@H](CC[C@@H]3[C@@H]2CC[C@]2(C)[C@@H](C(=O)Cn4ncnn4)CC[C@@H]32)C1. The van der Waals surface area contributed by atoms with Crippen LogP contribution in [-0.4, -0.2) is 94.5 Å². The van der Waals surface area contributed by atoms with Crippen LogP contribution in [0.5, 0.6) is 0 Å². The summed E-state index contributed by atoms with van der Waals surface area (Å²) in [6, 6.07) is 1.90. The van der Waals surface area contributed by atoms with Crippen molar-refractivity contribution in [2.45, 2.75) is 271 Å². The predicted octanol–water partition coefficient (Wildman–Crippen LogP) is 12.8. The molecule has 0 radical (unpaired) electrons. The van der Waals surface area contributed by atoms with E-state index in [-0.39, 0.29) is 40.5 Å². The van der Waals surface area contributed by atoms with Crippen molar-refractivity contribution in [1.82, 2.24) is 45.0 Å². The summed E-state index contributed by atoms with van der Waals surface area (Å²) in [7, 11) is 0. The third kappa shape index (κ3) is 11.5. The highest BCUT2D eigenvalue weighted by Crippen LogP contribution is 2.68. The maximum absolute atomic E-state index is 13.2. The lowest BCUT2D eigenvalue weighted by atomic mass is 9.48. The summed E-state index contributed by atoms with van der Waals surface area (Å²) in [5.41, 5.74) is -0.701. The van der Waals surface area contributed by atoms with Gasteiger partial charge in [0.15, 0.2) is 23.7 Å². The molecule has 3 heterocycles. The standard InChI is InChI=1S/C25H38N2O2.C24H37N3O2.C23H36N4O2/c1-3-25(29)12-10-18-17(15-25)5-6-20-19(18)9-11-24(2)21(20)7-8-22(24)23(28)16-27-14-4-13-26-27;1-3-24(29)11-9-17-16(14-24)4-5-19-18(17)8-10-23(2)20(19)6-7-21(23)22(28)15-27-25-12-13-26-27;1-3-23(29)11-9-16-15(12-23)4-5-18-17(16)8-10-22(2)19(18)6-7-20(22)21(28)13-27-25-14-24-26-27/h4,13-14,17-22,29H,3,5-12,15-16H2,1-2H3;12-13,16-21,29H,3-11,14-15H2,1-2H3;14-20,29H,3-13H2,1-2H3/t17-,18+,19-,20-,21+,22-,24+,25-;16-,17+,18-,19-,20+,21-,23+,24-;15-,16+,17-,18-,19+,20-,22+,23-/m111/s1. The van der Waals surface area contributed by atoms with Crippen LogP contribution in [0.25, 0.3) is 0 Å². The summed E-state index contributed by atoms with van der Waals surface area (Å²) in [5.74, 6) is 13.2. The largest absolute Gasteiger partial charge is 0.390 e. The number of nitrogens with zero attached hydrogens (tertiary/aromatic N) is 9. The van der Waals surface area contributed by atoms with Gasteiger partial charge in [-0.3, -0.25) is 19.1 Å². The van der Waals surface area contributed by atoms with Crippen molar-refractivity contribution in [2.24, 2.45) is 123 Å². The molecule has 0 aliphatic heterocycles. The van der Waals surface area contributed by atoms with Gasteiger partial charge in [-0.05, 0) is 309 Å². The lowest BCUT2D eigenvalue weighted by Crippen LogP contribution is -2.51. The molecule has 12 aliphatic rings. The van der Waals surface area contributed by atoms with Crippen molar-refractivity contribution in [1.29, 1.82) is 0 Å². The van der Waals surface area contributed by atoms with Gasteiger partial charge in [0, 0.05) is 30.1 Å². The zero-order valence-electron chi connectivity index (χ0n) is 54.3. The number of carbonyl (C=O) groups excluding carboxylic acids is 3. The maximum atomic E-state index is 13.2. The van der Waals surface area contributed by atoms with Gasteiger partial charge in [-0.1, -0.05) is 41.5 Å². The van der Waals surface area contributed by atoms with Crippen LogP contribution in [0.3, 0.4) is 0 Å². The molecule has 24 atom stereocenters. The highest BCUT2D eigenvalue weighted by Gasteiger charge is 2.62. The van der Waals surface area contributed by atoms with E-state index in [0.717, 1.165) is 154 Å². The van der Waals surface area contributed by atoms with Gasteiger partial charge in [0.1, 0.15) is 13.1 Å². The fourth-order valence-corrected chi connectivity index (χ4v) is 25.2. The minimum Gasteiger partial charge on any atom is -0.390 e. The van der Waals surface area contributed by atoms with Crippen molar-refractivity contribution in [2.75, 3.05) is 0 Å². The highest BCUT2D eigenvalue weighted by atomic mass is 16.3. The molecule has 15 rings (SSSR count). The zero-order valence-corrected chi connectivity index (χ0v) is 54.3. The Labute approximate surface area is 520 Å². The molecule has 3 aromatic rings. The van der Waals surface area contributed by atoms with Crippen LogP contribution in [-0.2, 0) is 34.0 Å². The lowest BCUT2D eigenvalue weighted by Gasteiger charge is -2.57. The first-order valence-corrected chi connectivity index (χ1v) is 36.1. The molecular formula is C72H111N9O6. The van der Waals surface area contributed by atoms with Crippen molar-refractivity contribution in [3.63, 3.8) is 0 Å². The number of aromatic nitrogens is 9. The number of carbonyl (C=O) groups is 3. The normalized spacial score (nSPS) is 46.6. The molecule has 0 unspecified atom stereocenters. The van der Waals surface area contributed by atoms with Gasteiger partial charge in [0.25, 0.3) is 0 Å². The van der Waals surface area contributed by atoms with E-state index in [2.05, 4.69) is 72.2 Å². The molecule has 15 heteroatoms. The average molecular weight is 1200 g/mol. The predicted molar refractivity (Wildman–Crippen MR) is 333 cm³/mol. The number of tetrazole rings is 1. The van der Waals surface area contributed by atoms with Crippen LogP contribution in [0.2, 0.25) is 0 Å². The van der Waals surface area contributed by atoms with Crippen LogP contribution in [0.4, 0.5) is 0 Å². The van der Waals surface area contributed by atoms with Gasteiger partial charge in [-0.2, -0.15) is 24.9 Å². The Bertz CT molecular complexity index is 2550. The summed E-state index contributed by atoms with van der Waals surface area (Å²) >= 11 is 0. The minimum absolute atomic E-state index is 0.143. The number of rotatable bonds is 12. The van der Waals surface area contributed by atoms with Crippen molar-refractivity contribution in [3.05, 3.63) is 37.2 Å². The summed E-state index contributed by atoms with van der Waals surface area (Å²) < 4.78 is 1.80. The lowest BCUT2D eigenvalue weighted by molar-refractivity contribution is -0.134. The van der Waals surface area contributed by atoms with Crippen LogP contribution in [0.15, 0.2) is 37.2 Å². The molecule has 3 N–H and O–H groups in total. The average Bonchev–Trinajstić information content (AvgIpc) is 1.80. The van der Waals surface area contributed by atoms with Gasteiger partial charge < -0.3 is 15.3 Å². The van der Waals surface area contributed by atoms with E-state index in [4.69, 9.17) is 0 Å². The number of fused-ring (bicyclic) bond motifs is 15. The maximum Gasteiger partial charge on any atom is 0.162 e. The Morgan fingerprint density at radius 2 is 0.793 bits per heavy atom. The monoisotopic (exact) mass is 1200 g/mol. The summed E-state index contributed by atoms with van der Waals surface area (Å²) in [6.45, 7) is 14.7. The number of ketones is 3. The molecule has 12 fully saturated rings. The highest BCUT2D eigenvalue weighted by molar-refractivity contribution is 5.83. The Morgan fingerprint density at radius 1 is 0.414 bits per heavy atom. The van der Waals surface area contributed by atoms with E-state index in [1.807, 2.05) is 12.3 Å². The Hall–Kier alpha value is -3.69. The summed E-state index contributed by atoms with van der Waals surface area (Å²) in [4.78, 5) is 42.4. The second-order valence-corrected chi connectivity index (χ2v) is 32.9. The Balaban J connectivity index is 0.000000121. The second kappa shape index (κ2) is 24.4. The van der Waals surface area contributed by atoms with E-state index in [1.165, 1.54) is 127 Å². The van der Waals surface area contributed by atoms with Crippen molar-refractivity contribution in [3.8, 4) is 0 Å². The first-order valence-electron chi connectivity index (χ1n) is 36.1. The van der Waals surface area contributed by atoms with Gasteiger partial charge in [-0.15, -0.1) is 10.2 Å². The number of Topliss-reactive ketones (excluding diaryl/α,β-unsaturated/α-hetero) is 3. The molecule has 0 bridgehead atoms. The molecular weight excluding hydrogens is 1090 g/mol. The quantitative estimate of drug-likeness (QED) is 0.155. The van der Waals surface area contributed by atoms with Crippen LogP contribution in [0, 0.1) is 123 Å². The van der Waals surface area contributed by atoms with Gasteiger partial charge in [0.05, 0.1) is 35.7 Å². The molecule has 3 aromatic heterocycles. The number of aliphatic hydroxyl groups is 3. The fourth-order valence-electron chi connectivity index (χ4n) is 25.2. The van der Waals surface area contributed by atoms with Crippen LogP contribution in [0.1, 0.15) is 234 Å². The first kappa shape index (κ1) is 62.1. The van der Waals surface area contributed by atoms with E-state index in [9.17, 15) is 29.7 Å². The number of hydrogen-bond donors (Lipinski definition) is 3. The van der Waals surface area contributed by atoms with Crippen LogP contribution < -0.4 is 0 Å².